The zero-order valence-electron chi connectivity index (χ0n) is 48.5. The zero-order valence-corrected chi connectivity index (χ0v) is 48.5. The second-order valence-electron chi connectivity index (χ2n) is 20.8. The van der Waals surface area contributed by atoms with Crippen molar-refractivity contribution in [2.75, 3.05) is 45.8 Å². The van der Waals surface area contributed by atoms with Crippen LogP contribution < -0.4 is 88.4 Å². The number of imidazole rings is 2. The van der Waals surface area contributed by atoms with Gasteiger partial charge in [-0.25, -0.2) is 9.97 Å². The number of nitrogens with one attached hydrogen (secondary N) is 10. The highest BCUT2D eigenvalue weighted by atomic mass is 16.2. The smallest absolute Gasteiger partial charge is 0.243 e. The minimum Gasteiger partial charge on any atom is -0.348 e. The highest BCUT2D eigenvalue weighted by molar-refractivity contribution is 5.98. The Labute approximate surface area is 487 Å². The van der Waals surface area contributed by atoms with E-state index in [1.165, 1.54) is 25.0 Å². The third-order valence-electron chi connectivity index (χ3n) is 13.9. The molecule has 29 heteroatoms. The van der Waals surface area contributed by atoms with Crippen molar-refractivity contribution >= 4 is 53.5 Å². The molecule has 2 rings (SSSR count). The molecule has 0 unspecified atom stereocenters. The fraction of sp³-hybridized carbons (Fsp3) is 0.722. The molecule has 0 radical (unpaired) electrons. The lowest BCUT2D eigenvalue weighted by atomic mass is 10.0. The second-order valence-corrected chi connectivity index (χ2v) is 20.8. The topological polar surface area (TPSA) is 515 Å². The van der Waals surface area contributed by atoms with Gasteiger partial charge in [0.1, 0.15) is 48.6 Å². The predicted octanol–water partition coefficient (Wildman–Crippen LogP) is -3.77. The average Bonchev–Trinajstić information content (AvgIpc) is 4.29. The molecular formula is C54H100N20O9. The van der Waals surface area contributed by atoms with Gasteiger partial charge in [-0.15, -0.1) is 0 Å². The van der Waals surface area contributed by atoms with Crippen LogP contribution in [0.25, 0.3) is 0 Å². The highest BCUT2D eigenvalue weighted by Crippen LogP contribution is 2.13. The first kappa shape index (κ1) is 72.6. The van der Waals surface area contributed by atoms with Gasteiger partial charge < -0.3 is 103 Å². The van der Waals surface area contributed by atoms with Gasteiger partial charge in [0.25, 0.3) is 0 Å². The molecule has 0 aliphatic carbocycles. The zero-order chi connectivity index (χ0) is 61.2. The third kappa shape index (κ3) is 30.1. The summed E-state index contributed by atoms with van der Waals surface area (Å²) in [6, 6.07) is -10.4. The van der Waals surface area contributed by atoms with Crippen molar-refractivity contribution < 1.29 is 43.2 Å². The van der Waals surface area contributed by atoms with Crippen LogP contribution in [-0.4, -0.2) is 174 Å². The van der Waals surface area contributed by atoms with Crippen molar-refractivity contribution in [3.63, 3.8) is 0 Å². The lowest BCUT2D eigenvalue weighted by molar-refractivity contribution is -0.136. The number of nitrogens with zero attached hydrogens (tertiary/aromatic N) is 2. The van der Waals surface area contributed by atoms with Gasteiger partial charge in [0.15, 0.2) is 0 Å². The van der Waals surface area contributed by atoms with Crippen LogP contribution in [0.5, 0.6) is 0 Å². The summed E-state index contributed by atoms with van der Waals surface area (Å²) >= 11 is 0. The van der Waals surface area contributed by atoms with Crippen LogP contribution >= 0.6 is 0 Å². The molecular weight excluding hydrogens is 1070 g/mol. The van der Waals surface area contributed by atoms with Gasteiger partial charge in [-0.05, 0) is 174 Å². The molecule has 9 atom stereocenters. The molecule has 2 heterocycles. The van der Waals surface area contributed by atoms with Gasteiger partial charge in [-0.2, -0.15) is 0 Å². The summed E-state index contributed by atoms with van der Waals surface area (Å²) in [4.78, 5) is 139. The van der Waals surface area contributed by atoms with E-state index in [-0.39, 0.29) is 58.0 Å². The maximum atomic E-state index is 14.6. The lowest BCUT2D eigenvalue weighted by Crippen LogP contribution is -2.60. The largest absolute Gasteiger partial charge is 0.348 e. The maximum absolute atomic E-state index is 14.6. The van der Waals surface area contributed by atoms with Crippen LogP contribution in [0, 0.1) is 0 Å². The normalized spacial score (nSPS) is 14.5. The molecule has 0 spiro atoms. The summed E-state index contributed by atoms with van der Waals surface area (Å²) in [5, 5.41) is 22.1. The third-order valence-corrected chi connectivity index (χ3v) is 13.9. The number of H-pyrrole nitrogens is 2. The lowest BCUT2D eigenvalue weighted by Gasteiger charge is -2.28. The van der Waals surface area contributed by atoms with E-state index in [0.29, 0.717) is 153 Å². The molecule has 0 bridgehead atoms. The summed E-state index contributed by atoms with van der Waals surface area (Å²) in [6.45, 7) is 2.37. The van der Waals surface area contributed by atoms with E-state index >= 15 is 0 Å². The van der Waals surface area contributed by atoms with Crippen molar-refractivity contribution in [3.05, 3.63) is 36.4 Å². The standard InChI is InChI=1S/C54H100N20O9/c55-22-8-1-15-36(33-75)67-48(77)40(17-3-10-24-57)69-49(78)42(19-5-12-26-59)71-54(83)46(30-38-32-64-35-66-38)74-52(81)44(21-7-14-28-61)70-50(79)43(20-6-13-27-60)72-53(82)45(29-37-31-63-34-65-37)73-51(80)41(18-4-11-25-58)68-47(76)39(62)16-2-9-23-56/h31-36,39-46H,1-30,55-62H2,(H,63,65)(H,64,66)(H,67,77)(H,68,76)(H,69,78)(H,70,79)(H,71,83)(H,72,82)(H,73,80)(H,74,81)/t36-,39-,40-,41-,42-,43-,44-,45-,46-/m0/s1. The average molecular weight is 1170 g/mol. The number of aromatic amines is 2. The Kier molecular flexibility index (Phi) is 38.6. The molecule has 0 aliphatic heterocycles. The Balaban J connectivity index is 2.50. The van der Waals surface area contributed by atoms with Crippen LogP contribution in [-0.2, 0) is 56.0 Å². The number of carbonyl (C=O) groups excluding carboxylic acids is 9. The Morgan fingerprint density at radius 2 is 0.614 bits per heavy atom. The van der Waals surface area contributed by atoms with Crippen molar-refractivity contribution in [2.45, 2.75) is 202 Å². The van der Waals surface area contributed by atoms with Crippen LogP contribution in [0.1, 0.15) is 146 Å². The van der Waals surface area contributed by atoms with Crippen molar-refractivity contribution in [2.24, 2.45) is 45.9 Å². The quantitative estimate of drug-likeness (QED) is 0.0223. The first-order valence-electron chi connectivity index (χ1n) is 29.6. The summed E-state index contributed by atoms with van der Waals surface area (Å²) < 4.78 is 0. The Bertz CT molecular complexity index is 2160. The number of rotatable bonds is 49. The molecule has 2 aromatic heterocycles. The van der Waals surface area contributed by atoms with Crippen LogP contribution in [0.2, 0.25) is 0 Å². The summed E-state index contributed by atoms with van der Waals surface area (Å²) in [5.74, 6) is -5.56. The van der Waals surface area contributed by atoms with Gasteiger partial charge in [0.2, 0.25) is 47.3 Å². The van der Waals surface area contributed by atoms with E-state index in [0.717, 1.165) is 0 Å². The highest BCUT2D eigenvalue weighted by Gasteiger charge is 2.35. The first-order valence-corrected chi connectivity index (χ1v) is 29.6. The van der Waals surface area contributed by atoms with E-state index in [1.807, 2.05) is 0 Å². The number of nitrogens with two attached hydrogens (primary N) is 8. The molecule has 0 saturated carbocycles. The van der Waals surface area contributed by atoms with E-state index in [1.54, 1.807) is 0 Å². The number of aromatic nitrogens is 4. The fourth-order valence-corrected chi connectivity index (χ4v) is 8.98. The number of carbonyl (C=O) groups is 9. The van der Waals surface area contributed by atoms with Gasteiger partial charge >= 0.3 is 0 Å². The number of hydrogen-bond acceptors (Lipinski definition) is 19. The molecule has 470 valence electrons. The summed E-state index contributed by atoms with van der Waals surface area (Å²) in [5.41, 5.74) is 47.3. The van der Waals surface area contributed by atoms with E-state index in [2.05, 4.69) is 62.5 Å². The molecule has 8 amide bonds. The molecule has 0 fully saturated rings. The molecule has 83 heavy (non-hydrogen) atoms. The molecule has 26 N–H and O–H groups in total. The van der Waals surface area contributed by atoms with E-state index < -0.39 is 102 Å². The Morgan fingerprint density at radius 3 is 0.892 bits per heavy atom. The monoisotopic (exact) mass is 1170 g/mol. The van der Waals surface area contributed by atoms with Crippen LogP contribution in [0.3, 0.4) is 0 Å². The Hall–Kier alpha value is -6.47. The summed E-state index contributed by atoms with van der Waals surface area (Å²) in [7, 11) is 0. The number of aldehydes is 1. The second kappa shape index (κ2) is 44.1. The first-order chi connectivity index (χ1) is 40.1. The molecule has 0 aliphatic rings. The number of amides is 8. The molecule has 0 aromatic carbocycles. The predicted molar refractivity (Wildman–Crippen MR) is 314 cm³/mol. The van der Waals surface area contributed by atoms with Gasteiger partial charge in [0.05, 0.1) is 24.7 Å². The van der Waals surface area contributed by atoms with Gasteiger partial charge in [-0.1, -0.05) is 6.42 Å². The SMILES string of the molecule is NCCCC[C@@H](C=O)NC(=O)[C@H](CCCCN)NC(=O)[C@H](CCCCN)NC(=O)[C@H](Cc1cnc[nH]1)NC(=O)[C@H](CCCCN)NC(=O)[C@H](CCCCN)NC(=O)[C@H](Cc1cnc[nH]1)NC(=O)[C@H](CCCCN)NC(=O)[C@@H](N)CCCCN. The van der Waals surface area contributed by atoms with Gasteiger partial charge in [0, 0.05) is 36.6 Å². The van der Waals surface area contributed by atoms with Crippen LogP contribution in [0.4, 0.5) is 0 Å². The molecule has 0 saturated heterocycles. The van der Waals surface area contributed by atoms with Crippen molar-refractivity contribution in [1.82, 2.24) is 62.5 Å². The van der Waals surface area contributed by atoms with Crippen molar-refractivity contribution in [3.8, 4) is 0 Å². The maximum Gasteiger partial charge on any atom is 0.243 e. The number of unbranched alkanes of at least 4 members (excludes halogenated alkanes) is 7. The minimum atomic E-state index is -1.37. The molecule has 2 aromatic rings. The van der Waals surface area contributed by atoms with E-state index in [9.17, 15) is 43.2 Å². The number of hydrogen-bond donors (Lipinski definition) is 18. The van der Waals surface area contributed by atoms with Crippen molar-refractivity contribution in [1.29, 1.82) is 0 Å². The minimum absolute atomic E-state index is 0.0544. The Morgan fingerprint density at radius 1 is 0.361 bits per heavy atom. The van der Waals surface area contributed by atoms with Gasteiger partial charge in [-0.3, -0.25) is 38.4 Å². The van der Waals surface area contributed by atoms with E-state index in [4.69, 9.17) is 45.9 Å². The van der Waals surface area contributed by atoms with Crippen LogP contribution in [0.15, 0.2) is 25.0 Å². The summed E-state index contributed by atoms with van der Waals surface area (Å²) in [6.07, 6.45) is 14.5. The molecule has 29 nitrogen and oxygen atoms in total. The fourth-order valence-electron chi connectivity index (χ4n) is 8.98.